The molecule has 5 nitrogen and oxygen atoms in total. The fourth-order valence-electron chi connectivity index (χ4n) is 1.72. The van der Waals surface area contributed by atoms with Gasteiger partial charge < -0.3 is 11.1 Å². The molecular formula is C16H22N4O. The summed E-state index contributed by atoms with van der Waals surface area (Å²) >= 11 is 0. The highest BCUT2D eigenvalue weighted by Crippen LogP contribution is 2.13. The lowest BCUT2D eigenvalue weighted by Crippen LogP contribution is -2.07. The molecule has 0 saturated heterocycles. The largest absolute Gasteiger partial charge is 0.397 e. The van der Waals surface area contributed by atoms with Crippen molar-refractivity contribution < 1.29 is 4.79 Å². The third-order valence-electron chi connectivity index (χ3n) is 2.85. The average molecular weight is 286 g/mol. The lowest BCUT2D eigenvalue weighted by molar-refractivity contribution is -0.114. The summed E-state index contributed by atoms with van der Waals surface area (Å²) in [5.74, 6) is -0.0660. The van der Waals surface area contributed by atoms with Crippen molar-refractivity contribution >= 4 is 17.3 Å². The Morgan fingerprint density at radius 1 is 1.00 bits per heavy atom. The van der Waals surface area contributed by atoms with Gasteiger partial charge in [0.25, 0.3) is 0 Å². The number of carbonyl (C=O) groups is 1. The number of aryl methyl sites for hydroxylation is 4. The molecule has 112 valence electrons. The van der Waals surface area contributed by atoms with E-state index in [0.717, 1.165) is 33.9 Å². The molecule has 0 aliphatic carbocycles. The van der Waals surface area contributed by atoms with Gasteiger partial charge in [0.15, 0.2) is 0 Å². The minimum atomic E-state index is -0.0660. The fraction of sp³-hybridized carbons (Fsp3) is 0.312. The van der Waals surface area contributed by atoms with Crippen LogP contribution in [0.25, 0.3) is 0 Å². The van der Waals surface area contributed by atoms with Crippen molar-refractivity contribution in [1.82, 2.24) is 9.97 Å². The predicted octanol–water partition coefficient (Wildman–Crippen LogP) is 2.94. The van der Waals surface area contributed by atoms with E-state index in [2.05, 4.69) is 15.3 Å². The van der Waals surface area contributed by atoms with E-state index in [-0.39, 0.29) is 5.91 Å². The number of nitrogens with zero attached hydrogens (tertiary/aromatic N) is 2. The number of hydrogen-bond acceptors (Lipinski definition) is 4. The topological polar surface area (TPSA) is 80.9 Å². The monoisotopic (exact) mass is 286 g/mol. The Hall–Kier alpha value is -2.43. The van der Waals surface area contributed by atoms with Gasteiger partial charge in [-0.1, -0.05) is 0 Å². The normalized spacial score (nSPS) is 9.57. The Balaban J connectivity index is 0.000000219. The minimum absolute atomic E-state index is 0.0660. The first kappa shape index (κ1) is 16.6. The molecule has 0 fully saturated rings. The molecule has 0 aliphatic rings. The first-order valence-corrected chi connectivity index (χ1v) is 6.69. The van der Waals surface area contributed by atoms with E-state index in [0.29, 0.717) is 0 Å². The van der Waals surface area contributed by atoms with E-state index in [4.69, 9.17) is 5.73 Å². The van der Waals surface area contributed by atoms with Crippen LogP contribution in [0.15, 0.2) is 24.5 Å². The van der Waals surface area contributed by atoms with Gasteiger partial charge in [-0.3, -0.25) is 14.8 Å². The van der Waals surface area contributed by atoms with Crippen molar-refractivity contribution in [3.8, 4) is 0 Å². The number of carbonyl (C=O) groups excluding carboxylic acids is 1. The Morgan fingerprint density at radius 3 is 1.95 bits per heavy atom. The van der Waals surface area contributed by atoms with Gasteiger partial charge in [0.1, 0.15) is 0 Å². The van der Waals surface area contributed by atoms with Crippen LogP contribution in [0, 0.1) is 27.7 Å². The Bertz CT molecular complexity index is 638. The van der Waals surface area contributed by atoms with Crippen LogP contribution in [0.3, 0.4) is 0 Å². The second-order valence-corrected chi connectivity index (χ2v) is 5.00. The first-order chi connectivity index (χ1) is 9.79. The summed E-state index contributed by atoms with van der Waals surface area (Å²) in [6.45, 7) is 9.28. The molecular weight excluding hydrogens is 264 g/mol. The van der Waals surface area contributed by atoms with Gasteiger partial charge in [0, 0.05) is 18.3 Å². The second kappa shape index (κ2) is 7.38. The fourth-order valence-corrected chi connectivity index (χ4v) is 1.72. The van der Waals surface area contributed by atoms with E-state index in [1.165, 1.54) is 6.92 Å². The molecule has 2 heterocycles. The van der Waals surface area contributed by atoms with Gasteiger partial charge >= 0.3 is 0 Å². The summed E-state index contributed by atoms with van der Waals surface area (Å²) in [4.78, 5) is 18.8. The number of pyridine rings is 2. The standard InChI is InChI=1S/C9H12N2O.C7H10N2/c1-6-4-7(2)10-5-9(6)11-8(3)12;1-5-3-6(2)9-4-7(5)8/h4-5H,1-3H3,(H,11,12);3-4H,8H2,1-2H3. The maximum atomic E-state index is 10.7. The molecule has 0 bridgehead atoms. The SMILES string of the molecule is CC(=O)Nc1cnc(C)cc1C.Cc1cc(C)c(N)cn1. The molecule has 2 rings (SSSR count). The van der Waals surface area contributed by atoms with Gasteiger partial charge in [-0.2, -0.15) is 0 Å². The van der Waals surface area contributed by atoms with E-state index in [1.54, 1.807) is 12.4 Å². The number of amides is 1. The lowest BCUT2D eigenvalue weighted by Gasteiger charge is -2.05. The third kappa shape index (κ3) is 5.60. The number of nitrogen functional groups attached to an aromatic ring is 1. The highest BCUT2D eigenvalue weighted by molar-refractivity contribution is 5.89. The van der Waals surface area contributed by atoms with Crippen molar-refractivity contribution in [1.29, 1.82) is 0 Å². The summed E-state index contributed by atoms with van der Waals surface area (Å²) in [7, 11) is 0. The molecule has 0 saturated carbocycles. The molecule has 0 unspecified atom stereocenters. The summed E-state index contributed by atoms with van der Waals surface area (Å²) < 4.78 is 0. The minimum Gasteiger partial charge on any atom is -0.397 e. The molecule has 0 spiro atoms. The van der Waals surface area contributed by atoms with Crippen LogP contribution in [0.2, 0.25) is 0 Å². The highest BCUT2D eigenvalue weighted by Gasteiger charge is 1.99. The molecule has 3 N–H and O–H groups in total. The quantitative estimate of drug-likeness (QED) is 0.844. The third-order valence-corrected chi connectivity index (χ3v) is 2.85. The van der Waals surface area contributed by atoms with Gasteiger partial charge in [-0.25, -0.2) is 0 Å². The summed E-state index contributed by atoms with van der Waals surface area (Å²) in [6.07, 6.45) is 3.36. The number of anilines is 2. The molecule has 0 aromatic carbocycles. The van der Waals surface area contributed by atoms with Crippen LogP contribution in [0.4, 0.5) is 11.4 Å². The Morgan fingerprint density at radius 2 is 1.52 bits per heavy atom. The number of nitrogens with two attached hydrogens (primary N) is 1. The molecule has 0 aliphatic heterocycles. The Kier molecular flexibility index (Phi) is 5.84. The smallest absolute Gasteiger partial charge is 0.221 e. The molecule has 2 aromatic heterocycles. The predicted molar refractivity (Wildman–Crippen MR) is 86.1 cm³/mol. The molecule has 1 amide bonds. The van der Waals surface area contributed by atoms with Crippen LogP contribution >= 0.6 is 0 Å². The number of hydrogen-bond donors (Lipinski definition) is 2. The van der Waals surface area contributed by atoms with Gasteiger partial charge in [-0.15, -0.1) is 0 Å². The summed E-state index contributed by atoms with van der Waals surface area (Å²) in [5.41, 5.74) is 11.2. The van der Waals surface area contributed by atoms with Crippen LogP contribution in [0.5, 0.6) is 0 Å². The molecule has 0 atom stereocenters. The zero-order chi connectivity index (χ0) is 16.0. The maximum absolute atomic E-state index is 10.7. The van der Waals surface area contributed by atoms with Crippen LogP contribution in [-0.4, -0.2) is 15.9 Å². The maximum Gasteiger partial charge on any atom is 0.221 e. The van der Waals surface area contributed by atoms with E-state index in [9.17, 15) is 4.79 Å². The molecule has 21 heavy (non-hydrogen) atoms. The van der Waals surface area contributed by atoms with Crippen molar-refractivity contribution in [2.75, 3.05) is 11.1 Å². The Labute approximate surface area is 125 Å². The van der Waals surface area contributed by atoms with Crippen molar-refractivity contribution in [2.24, 2.45) is 0 Å². The number of aromatic nitrogens is 2. The van der Waals surface area contributed by atoms with Crippen molar-refractivity contribution in [3.05, 3.63) is 47.0 Å². The van der Waals surface area contributed by atoms with Gasteiger partial charge in [0.05, 0.1) is 23.8 Å². The zero-order valence-electron chi connectivity index (χ0n) is 13.2. The van der Waals surface area contributed by atoms with Crippen LogP contribution in [0.1, 0.15) is 29.4 Å². The van der Waals surface area contributed by atoms with Crippen LogP contribution < -0.4 is 11.1 Å². The van der Waals surface area contributed by atoms with E-state index >= 15 is 0 Å². The van der Waals surface area contributed by atoms with Crippen LogP contribution in [-0.2, 0) is 4.79 Å². The highest BCUT2D eigenvalue weighted by atomic mass is 16.1. The number of rotatable bonds is 1. The van der Waals surface area contributed by atoms with Crippen molar-refractivity contribution in [2.45, 2.75) is 34.6 Å². The second-order valence-electron chi connectivity index (χ2n) is 5.00. The van der Waals surface area contributed by atoms with Crippen molar-refractivity contribution in [3.63, 3.8) is 0 Å². The lowest BCUT2D eigenvalue weighted by atomic mass is 10.2. The average Bonchev–Trinajstić information content (AvgIpc) is 2.38. The summed E-state index contributed by atoms with van der Waals surface area (Å²) in [5, 5.41) is 2.70. The molecule has 2 aromatic rings. The molecule has 5 heteroatoms. The van der Waals surface area contributed by atoms with E-state index < -0.39 is 0 Å². The summed E-state index contributed by atoms with van der Waals surface area (Å²) in [6, 6.07) is 3.90. The molecule has 0 radical (unpaired) electrons. The van der Waals surface area contributed by atoms with Gasteiger partial charge in [-0.05, 0) is 51.0 Å². The first-order valence-electron chi connectivity index (χ1n) is 6.69. The zero-order valence-corrected chi connectivity index (χ0v) is 13.2. The van der Waals surface area contributed by atoms with Gasteiger partial charge in [0.2, 0.25) is 5.91 Å². The van der Waals surface area contributed by atoms with E-state index in [1.807, 2.05) is 39.8 Å². The number of nitrogens with one attached hydrogen (secondary N) is 1.